The van der Waals surface area contributed by atoms with Gasteiger partial charge in [0.2, 0.25) is 0 Å². The van der Waals surface area contributed by atoms with E-state index in [4.69, 9.17) is 33.4 Å². The summed E-state index contributed by atoms with van der Waals surface area (Å²) in [5, 5.41) is 18.0. The maximum Gasteiger partial charge on any atom is 0.490 e. The van der Waals surface area contributed by atoms with Gasteiger partial charge in [-0.1, -0.05) is 18.2 Å². The van der Waals surface area contributed by atoms with Gasteiger partial charge in [0.15, 0.2) is 0 Å². The van der Waals surface area contributed by atoms with Gasteiger partial charge in [-0.05, 0) is 37.1 Å². The van der Waals surface area contributed by atoms with Crippen molar-refractivity contribution < 1.29 is 59.7 Å². The molecule has 2 aliphatic heterocycles. The second-order valence-electron chi connectivity index (χ2n) is 9.55. The quantitative estimate of drug-likeness (QED) is 0.310. The van der Waals surface area contributed by atoms with Gasteiger partial charge in [0.25, 0.3) is 0 Å². The number of alkyl halides is 6. The van der Waals surface area contributed by atoms with Crippen LogP contribution in [0.15, 0.2) is 70.1 Å². The normalized spacial score (nSPS) is 18.0. The highest BCUT2D eigenvalue weighted by Crippen LogP contribution is 2.44. The summed E-state index contributed by atoms with van der Waals surface area (Å²) >= 11 is 0. The minimum absolute atomic E-state index is 0.0952. The molecule has 1 aromatic carbocycles. The van der Waals surface area contributed by atoms with E-state index in [1.807, 2.05) is 18.2 Å². The Balaban J connectivity index is 0.000000289. The molecule has 0 bridgehead atoms. The van der Waals surface area contributed by atoms with Gasteiger partial charge in [0.05, 0.1) is 25.3 Å². The summed E-state index contributed by atoms with van der Waals surface area (Å²) in [7, 11) is 0. The monoisotopic (exact) mass is 606 g/mol. The Kier molecular flexibility index (Phi) is 10.7. The zero-order valence-corrected chi connectivity index (χ0v) is 22.0. The maximum absolute atomic E-state index is 10.6. The molecule has 0 aliphatic carbocycles. The summed E-state index contributed by atoms with van der Waals surface area (Å²) in [6, 6.07) is 14.8. The number of carboxylic acid groups (broad SMARTS) is 2. The molecule has 0 amide bonds. The standard InChI is InChI=1S/C23H26N2O3.2C2HF3O2/c1-2-6-22-20(5-1)21(24-15-18-7-13-26-17-18)14-23(28-22)8-10-25(11-9-23)16-19-4-3-12-27-19;2*3-2(4,5)1(6)7/h1-7,12-13,17,21,24H,8-11,14-16H2;2*(H,6,7). The van der Waals surface area contributed by atoms with Crippen LogP contribution < -0.4 is 10.1 Å². The molecule has 2 aliphatic rings. The molecule has 1 atom stereocenters. The van der Waals surface area contributed by atoms with E-state index >= 15 is 0 Å². The third kappa shape index (κ3) is 9.55. The summed E-state index contributed by atoms with van der Waals surface area (Å²) < 4.78 is 80.8. The summed E-state index contributed by atoms with van der Waals surface area (Å²) in [6.07, 6.45) is -1.82. The molecule has 3 aromatic rings. The molecule has 15 heteroatoms. The third-order valence-corrected chi connectivity index (χ3v) is 6.54. The molecule has 9 nitrogen and oxygen atoms in total. The second kappa shape index (κ2) is 13.8. The van der Waals surface area contributed by atoms with Crippen molar-refractivity contribution in [1.82, 2.24) is 10.2 Å². The first-order chi connectivity index (χ1) is 19.7. The van der Waals surface area contributed by atoms with Gasteiger partial charge in [0, 0.05) is 43.2 Å². The van der Waals surface area contributed by atoms with Crippen LogP contribution in [0.4, 0.5) is 26.3 Å². The molecular formula is C27H28F6N2O7. The molecule has 1 unspecified atom stereocenters. The topological polar surface area (TPSA) is 125 Å². The first-order valence-electron chi connectivity index (χ1n) is 12.6. The van der Waals surface area contributed by atoms with Gasteiger partial charge in [-0.25, -0.2) is 9.59 Å². The maximum atomic E-state index is 10.6. The largest absolute Gasteiger partial charge is 0.490 e. The van der Waals surface area contributed by atoms with Crippen LogP contribution in [0.25, 0.3) is 0 Å². The van der Waals surface area contributed by atoms with Crippen molar-refractivity contribution in [3.05, 3.63) is 78.1 Å². The number of halogens is 6. The Bertz CT molecular complexity index is 1240. The van der Waals surface area contributed by atoms with Gasteiger partial charge in [0.1, 0.15) is 17.1 Å². The lowest BCUT2D eigenvalue weighted by Crippen LogP contribution is -2.51. The van der Waals surface area contributed by atoms with Crippen LogP contribution in [0.5, 0.6) is 5.75 Å². The average molecular weight is 607 g/mol. The molecule has 42 heavy (non-hydrogen) atoms. The number of hydrogen-bond donors (Lipinski definition) is 3. The Hall–Kier alpha value is -3.98. The van der Waals surface area contributed by atoms with Crippen molar-refractivity contribution in [3.63, 3.8) is 0 Å². The van der Waals surface area contributed by atoms with E-state index in [0.29, 0.717) is 0 Å². The number of ether oxygens (including phenoxy) is 1. The molecule has 1 fully saturated rings. The van der Waals surface area contributed by atoms with E-state index in [1.54, 1.807) is 18.8 Å². The zero-order chi connectivity index (χ0) is 31.0. The number of carboxylic acids is 2. The number of piperidine rings is 1. The summed E-state index contributed by atoms with van der Waals surface area (Å²) in [6.45, 7) is 3.73. The molecular weight excluding hydrogens is 578 g/mol. The van der Waals surface area contributed by atoms with Crippen molar-refractivity contribution in [2.75, 3.05) is 13.1 Å². The van der Waals surface area contributed by atoms with Gasteiger partial charge in [-0.15, -0.1) is 0 Å². The van der Waals surface area contributed by atoms with Gasteiger partial charge >= 0.3 is 24.3 Å². The molecule has 5 rings (SSSR count). The van der Waals surface area contributed by atoms with Gasteiger partial charge in [-0.2, -0.15) is 26.3 Å². The average Bonchev–Trinajstić information content (AvgIpc) is 3.63. The number of para-hydroxylation sites is 1. The van der Waals surface area contributed by atoms with E-state index in [1.165, 1.54) is 11.1 Å². The predicted molar refractivity (Wildman–Crippen MR) is 133 cm³/mol. The minimum Gasteiger partial charge on any atom is -0.487 e. The first kappa shape index (κ1) is 32.5. The van der Waals surface area contributed by atoms with E-state index in [2.05, 4.69) is 34.5 Å². The SMILES string of the molecule is O=C(O)C(F)(F)F.O=C(O)C(F)(F)F.c1coc(CN2CCC3(CC2)CC(NCc2ccoc2)c2ccccc2O3)c1. The van der Waals surface area contributed by atoms with Crippen molar-refractivity contribution in [2.24, 2.45) is 0 Å². The number of nitrogens with one attached hydrogen (secondary N) is 1. The van der Waals surface area contributed by atoms with E-state index in [-0.39, 0.29) is 11.6 Å². The summed E-state index contributed by atoms with van der Waals surface area (Å²) in [5.74, 6) is -3.46. The fourth-order valence-electron chi connectivity index (χ4n) is 4.48. The number of hydrogen-bond acceptors (Lipinski definition) is 7. The number of rotatable bonds is 5. The van der Waals surface area contributed by atoms with Crippen LogP contribution in [-0.4, -0.2) is 58.1 Å². The number of nitrogens with zero attached hydrogens (tertiary/aromatic N) is 1. The van der Waals surface area contributed by atoms with Gasteiger partial charge in [-0.3, -0.25) is 4.90 Å². The van der Waals surface area contributed by atoms with Crippen LogP contribution in [0.2, 0.25) is 0 Å². The summed E-state index contributed by atoms with van der Waals surface area (Å²) in [4.78, 5) is 20.3. The van der Waals surface area contributed by atoms with Crippen molar-refractivity contribution in [1.29, 1.82) is 0 Å². The molecule has 230 valence electrons. The number of aliphatic carboxylic acids is 2. The Morgan fingerprint density at radius 3 is 2.07 bits per heavy atom. The van der Waals surface area contributed by atoms with Crippen molar-refractivity contribution in [3.8, 4) is 5.75 Å². The third-order valence-electron chi connectivity index (χ3n) is 6.54. The second-order valence-corrected chi connectivity index (χ2v) is 9.55. The molecule has 1 saturated heterocycles. The Morgan fingerprint density at radius 2 is 1.55 bits per heavy atom. The molecule has 3 N–H and O–H groups in total. The first-order valence-corrected chi connectivity index (χ1v) is 12.6. The lowest BCUT2D eigenvalue weighted by atomic mass is 9.80. The fraction of sp³-hybridized carbons (Fsp3) is 0.407. The molecule has 2 aromatic heterocycles. The van der Waals surface area contributed by atoms with Crippen LogP contribution in [-0.2, 0) is 22.7 Å². The molecule has 4 heterocycles. The molecule has 0 radical (unpaired) electrons. The van der Waals surface area contributed by atoms with E-state index < -0.39 is 24.3 Å². The number of likely N-dealkylation sites (tertiary alicyclic amines) is 1. The zero-order valence-electron chi connectivity index (χ0n) is 22.0. The Morgan fingerprint density at radius 1 is 0.929 bits per heavy atom. The van der Waals surface area contributed by atoms with Crippen molar-refractivity contribution >= 4 is 11.9 Å². The number of carbonyl (C=O) groups is 2. The number of benzene rings is 1. The molecule has 1 spiro atoms. The molecule has 0 saturated carbocycles. The summed E-state index contributed by atoms with van der Waals surface area (Å²) in [5.41, 5.74) is 2.34. The smallest absolute Gasteiger partial charge is 0.487 e. The van der Waals surface area contributed by atoms with Crippen LogP contribution in [0.3, 0.4) is 0 Å². The Labute approximate surface area is 235 Å². The lowest BCUT2D eigenvalue weighted by Gasteiger charge is -2.47. The van der Waals surface area contributed by atoms with Crippen LogP contribution in [0.1, 0.15) is 42.2 Å². The highest BCUT2D eigenvalue weighted by molar-refractivity contribution is 5.73. The van der Waals surface area contributed by atoms with E-state index in [9.17, 15) is 26.3 Å². The van der Waals surface area contributed by atoms with Crippen molar-refractivity contribution in [2.45, 2.75) is 56.3 Å². The fourth-order valence-corrected chi connectivity index (χ4v) is 4.48. The number of fused-ring (bicyclic) bond motifs is 1. The highest BCUT2D eigenvalue weighted by Gasteiger charge is 2.43. The lowest BCUT2D eigenvalue weighted by molar-refractivity contribution is -0.193. The minimum atomic E-state index is -5.08. The highest BCUT2D eigenvalue weighted by atomic mass is 19.4. The van der Waals surface area contributed by atoms with E-state index in [0.717, 1.165) is 57.0 Å². The predicted octanol–water partition coefficient (Wildman–Crippen LogP) is 5.79. The van der Waals surface area contributed by atoms with Crippen LogP contribution in [0, 0.1) is 0 Å². The van der Waals surface area contributed by atoms with Crippen LogP contribution >= 0.6 is 0 Å². The van der Waals surface area contributed by atoms with Gasteiger partial charge < -0.3 is 29.1 Å². The number of furan rings is 2.